The zero-order valence-corrected chi connectivity index (χ0v) is 14.2. The standard InChI is InChI=1S/C16H15Br2N/c1-3-10-11(4-2)16-13(8-14(10)18)12-7-9(17)5-6-15(12)19-16/h5-8,19H,3-4H2,1-2H3. The molecule has 0 aliphatic rings. The van der Waals surface area contributed by atoms with Crippen molar-refractivity contribution in [1.82, 2.24) is 4.98 Å². The van der Waals surface area contributed by atoms with E-state index in [1.807, 2.05) is 0 Å². The fraction of sp³-hybridized carbons (Fsp3) is 0.250. The van der Waals surface area contributed by atoms with Gasteiger partial charge in [0, 0.05) is 25.2 Å². The summed E-state index contributed by atoms with van der Waals surface area (Å²) in [6.07, 6.45) is 2.10. The lowest BCUT2D eigenvalue weighted by atomic mass is 9.99. The van der Waals surface area contributed by atoms with E-state index in [0.29, 0.717) is 0 Å². The molecule has 0 saturated heterocycles. The van der Waals surface area contributed by atoms with Crippen molar-refractivity contribution in [1.29, 1.82) is 0 Å². The summed E-state index contributed by atoms with van der Waals surface area (Å²) in [6, 6.07) is 8.65. The first kappa shape index (κ1) is 13.2. The Bertz CT molecular complexity index is 771. The van der Waals surface area contributed by atoms with Crippen LogP contribution in [0.25, 0.3) is 21.8 Å². The fourth-order valence-corrected chi connectivity index (χ4v) is 3.96. The van der Waals surface area contributed by atoms with Crippen LogP contribution < -0.4 is 0 Å². The van der Waals surface area contributed by atoms with E-state index < -0.39 is 0 Å². The molecule has 0 radical (unpaired) electrons. The summed E-state index contributed by atoms with van der Waals surface area (Å²) in [5, 5.41) is 2.58. The minimum absolute atomic E-state index is 1.05. The molecule has 0 spiro atoms. The molecule has 0 saturated carbocycles. The maximum Gasteiger partial charge on any atom is 0.0500 e. The van der Waals surface area contributed by atoms with Crippen molar-refractivity contribution in [3.63, 3.8) is 0 Å². The average molecular weight is 381 g/mol. The lowest BCUT2D eigenvalue weighted by Gasteiger charge is -2.10. The Hall–Kier alpha value is -0.800. The average Bonchev–Trinajstić information content (AvgIpc) is 2.75. The lowest BCUT2D eigenvalue weighted by molar-refractivity contribution is 1.04. The van der Waals surface area contributed by atoms with Gasteiger partial charge < -0.3 is 4.98 Å². The van der Waals surface area contributed by atoms with E-state index in [-0.39, 0.29) is 0 Å². The summed E-state index contributed by atoms with van der Waals surface area (Å²) in [6.45, 7) is 4.44. The first-order valence-corrected chi connectivity index (χ1v) is 8.15. The number of aromatic nitrogens is 1. The van der Waals surface area contributed by atoms with E-state index in [9.17, 15) is 0 Å². The molecular weight excluding hydrogens is 366 g/mol. The number of hydrogen-bond acceptors (Lipinski definition) is 0. The summed E-state index contributed by atoms with van der Waals surface area (Å²) in [7, 11) is 0. The number of nitrogens with one attached hydrogen (secondary N) is 1. The molecule has 3 rings (SSSR count). The second kappa shape index (κ2) is 4.95. The van der Waals surface area contributed by atoms with Crippen LogP contribution in [0.2, 0.25) is 0 Å². The Morgan fingerprint density at radius 3 is 2.37 bits per heavy atom. The number of rotatable bonds is 2. The molecule has 98 valence electrons. The van der Waals surface area contributed by atoms with Crippen LogP contribution in [0.5, 0.6) is 0 Å². The molecule has 1 heterocycles. The highest BCUT2D eigenvalue weighted by Gasteiger charge is 2.13. The highest BCUT2D eigenvalue weighted by Crippen LogP contribution is 2.35. The zero-order valence-electron chi connectivity index (χ0n) is 11.0. The molecular formula is C16H15Br2N. The molecule has 19 heavy (non-hydrogen) atoms. The van der Waals surface area contributed by atoms with Crippen molar-refractivity contribution in [2.45, 2.75) is 26.7 Å². The highest BCUT2D eigenvalue weighted by molar-refractivity contribution is 9.10. The van der Waals surface area contributed by atoms with Gasteiger partial charge in [0.1, 0.15) is 0 Å². The number of benzene rings is 2. The molecule has 0 aliphatic heterocycles. The molecule has 0 bridgehead atoms. The number of halogens is 2. The maximum atomic E-state index is 3.73. The third-order valence-corrected chi connectivity index (χ3v) is 4.93. The Balaban J connectivity index is 2.50. The minimum Gasteiger partial charge on any atom is -0.354 e. The summed E-state index contributed by atoms with van der Waals surface area (Å²) >= 11 is 7.29. The van der Waals surface area contributed by atoms with Crippen LogP contribution >= 0.6 is 31.9 Å². The highest BCUT2D eigenvalue weighted by atomic mass is 79.9. The van der Waals surface area contributed by atoms with Crippen LogP contribution in [0.15, 0.2) is 33.2 Å². The predicted octanol–water partition coefficient (Wildman–Crippen LogP) is 5.97. The van der Waals surface area contributed by atoms with E-state index in [0.717, 1.165) is 17.3 Å². The predicted molar refractivity (Wildman–Crippen MR) is 90.0 cm³/mol. The molecule has 2 aromatic carbocycles. The molecule has 0 amide bonds. The third-order valence-electron chi connectivity index (χ3n) is 3.73. The number of fused-ring (bicyclic) bond motifs is 3. The fourth-order valence-electron chi connectivity index (χ4n) is 2.85. The lowest BCUT2D eigenvalue weighted by Crippen LogP contribution is -1.94. The van der Waals surface area contributed by atoms with Gasteiger partial charge in [-0.05, 0) is 48.2 Å². The van der Waals surface area contributed by atoms with Crippen molar-refractivity contribution >= 4 is 53.7 Å². The van der Waals surface area contributed by atoms with Crippen LogP contribution in [0, 0.1) is 0 Å². The molecule has 0 unspecified atom stereocenters. The van der Waals surface area contributed by atoms with Gasteiger partial charge in [0.05, 0.1) is 5.52 Å². The zero-order chi connectivity index (χ0) is 13.6. The molecule has 0 aliphatic carbocycles. The van der Waals surface area contributed by atoms with Crippen molar-refractivity contribution in [3.8, 4) is 0 Å². The number of hydrogen-bond donors (Lipinski definition) is 1. The van der Waals surface area contributed by atoms with Gasteiger partial charge in [-0.3, -0.25) is 0 Å². The van der Waals surface area contributed by atoms with E-state index in [4.69, 9.17) is 0 Å². The molecule has 1 aromatic heterocycles. The largest absolute Gasteiger partial charge is 0.354 e. The normalized spacial score (nSPS) is 11.6. The van der Waals surface area contributed by atoms with Crippen molar-refractivity contribution in [3.05, 3.63) is 44.3 Å². The molecule has 0 fully saturated rings. The van der Waals surface area contributed by atoms with E-state index >= 15 is 0 Å². The Morgan fingerprint density at radius 1 is 0.947 bits per heavy atom. The van der Waals surface area contributed by atoms with Gasteiger partial charge in [0.25, 0.3) is 0 Å². The first-order chi connectivity index (χ1) is 9.15. The second-order valence-corrected chi connectivity index (χ2v) is 6.53. The SMILES string of the molecule is CCc1c(Br)cc2c([nH]c3ccc(Br)cc32)c1CC. The minimum atomic E-state index is 1.05. The summed E-state index contributed by atoms with van der Waals surface area (Å²) in [4.78, 5) is 3.58. The topological polar surface area (TPSA) is 15.8 Å². The Labute approximate surface area is 129 Å². The van der Waals surface area contributed by atoms with Gasteiger partial charge >= 0.3 is 0 Å². The summed E-state index contributed by atoms with van der Waals surface area (Å²) < 4.78 is 2.34. The van der Waals surface area contributed by atoms with Gasteiger partial charge in [0.2, 0.25) is 0 Å². The van der Waals surface area contributed by atoms with Gasteiger partial charge in [0.15, 0.2) is 0 Å². The second-order valence-electron chi connectivity index (χ2n) is 4.76. The number of H-pyrrole nitrogens is 1. The van der Waals surface area contributed by atoms with E-state index in [1.165, 1.54) is 37.4 Å². The third kappa shape index (κ3) is 2.03. The molecule has 0 atom stereocenters. The number of aromatic amines is 1. The molecule has 1 nitrogen and oxygen atoms in total. The number of aryl methyl sites for hydroxylation is 1. The van der Waals surface area contributed by atoms with E-state index in [1.54, 1.807) is 0 Å². The Kier molecular flexibility index (Phi) is 3.44. The van der Waals surface area contributed by atoms with Crippen molar-refractivity contribution in [2.75, 3.05) is 0 Å². The summed E-state index contributed by atoms with van der Waals surface area (Å²) in [5.41, 5.74) is 5.34. The van der Waals surface area contributed by atoms with Crippen LogP contribution in [0.3, 0.4) is 0 Å². The van der Waals surface area contributed by atoms with Gasteiger partial charge in [-0.15, -0.1) is 0 Å². The monoisotopic (exact) mass is 379 g/mol. The van der Waals surface area contributed by atoms with Crippen LogP contribution in [-0.2, 0) is 12.8 Å². The van der Waals surface area contributed by atoms with Crippen LogP contribution in [-0.4, -0.2) is 4.98 Å². The van der Waals surface area contributed by atoms with Crippen molar-refractivity contribution < 1.29 is 0 Å². The smallest absolute Gasteiger partial charge is 0.0500 e. The Morgan fingerprint density at radius 2 is 1.68 bits per heavy atom. The van der Waals surface area contributed by atoms with Gasteiger partial charge in [-0.1, -0.05) is 45.7 Å². The first-order valence-electron chi connectivity index (χ1n) is 6.56. The van der Waals surface area contributed by atoms with Crippen LogP contribution in [0.4, 0.5) is 0 Å². The van der Waals surface area contributed by atoms with Crippen LogP contribution in [0.1, 0.15) is 25.0 Å². The molecule has 1 N–H and O–H groups in total. The van der Waals surface area contributed by atoms with Crippen molar-refractivity contribution in [2.24, 2.45) is 0 Å². The summed E-state index contributed by atoms with van der Waals surface area (Å²) in [5.74, 6) is 0. The quantitative estimate of drug-likeness (QED) is 0.563. The maximum absolute atomic E-state index is 3.73. The van der Waals surface area contributed by atoms with Gasteiger partial charge in [-0.25, -0.2) is 0 Å². The molecule has 3 aromatic rings. The van der Waals surface area contributed by atoms with Gasteiger partial charge in [-0.2, -0.15) is 0 Å². The molecule has 3 heteroatoms. The van der Waals surface area contributed by atoms with E-state index in [2.05, 4.69) is 75.0 Å².